The van der Waals surface area contributed by atoms with Crippen molar-refractivity contribution in [3.8, 4) is 0 Å². The minimum absolute atomic E-state index is 0.664. The number of halogens is 1. The highest BCUT2D eigenvalue weighted by Gasteiger charge is 2.01. The van der Waals surface area contributed by atoms with Crippen LogP contribution in [0.1, 0.15) is 11.5 Å². The van der Waals surface area contributed by atoms with Gasteiger partial charge in [0.2, 0.25) is 0 Å². The van der Waals surface area contributed by atoms with E-state index in [0.717, 1.165) is 24.4 Å². The molecule has 5 heteroatoms. The van der Waals surface area contributed by atoms with Crippen LogP contribution in [0.3, 0.4) is 0 Å². The lowest BCUT2D eigenvalue weighted by Gasteiger charge is -2.00. The Bertz CT molecular complexity index is 435. The molecule has 0 aliphatic heterocycles. The summed E-state index contributed by atoms with van der Waals surface area (Å²) in [5.41, 5.74) is 1.02. The Kier molecular flexibility index (Phi) is 2.97. The Labute approximate surface area is 92.9 Å². The highest BCUT2D eigenvalue weighted by atomic mass is 35.5. The lowest BCUT2D eigenvalue weighted by Crippen LogP contribution is -2.02. The van der Waals surface area contributed by atoms with E-state index in [1.54, 1.807) is 17.2 Å². The fourth-order valence-electron chi connectivity index (χ4n) is 1.34. The highest BCUT2D eigenvalue weighted by Crippen LogP contribution is 2.07. The molecule has 2 rings (SSSR count). The van der Waals surface area contributed by atoms with Gasteiger partial charge in [-0.05, 0) is 18.6 Å². The molecular formula is C10H11ClN4. The van der Waals surface area contributed by atoms with E-state index in [9.17, 15) is 0 Å². The number of nitrogens with zero attached hydrogens (tertiary/aromatic N) is 4. The first-order valence-electron chi connectivity index (χ1n) is 4.69. The van der Waals surface area contributed by atoms with Crippen molar-refractivity contribution in [1.29, 1.82) is 0 Å². The first kappa shape index (κ1) is 10.1. The zero-order valence-electron chi connectivity index (χ0n) is 8.39. The summed E-state index contributed by atoms with van der Waals surface area (Å²) in [6, 6.07) is 3.78. The lowest BCUT2D eigenvalue weighted by molar-refractivity contribution is 0.689. The summed E-state index contributed by atoms with van der Waals surface area (Å²) in [5, 5.41) is 4.67. The minimum Gasteiger partial charge on any atom is -0.260 e. The first-order valence-corrected chi connectivity index (χ1v) is 5.07. The minimum atomic E-state index is 0.664. The van der Waals surface area contributed by atoms with E-state index in [4.69, 9.17) is 11.6 Å². The van der Waals surface area contributed by atoms with Gasteiger partial charge in [0.15, 0.2) is 0 Å². The molecule has 4 nitrogen and oxygen atoms in total. The second-order valence-electron chi connectivity index (χ2n) is 3.27. The van der Waals surface area contributed by atoms with Gasteiger partial charge in [0.25, 0.3) is 0 Å². The standard InChI is InChI=1S/C10H11ClN4/c1-15-10(13-7-14-15)5-4-9-3-2-8(11)6-12-9/h2-3,6-7H,4-5H2,1H3. The quantitative estimate of drug-likeness (QED) is 0.793. The average molecular weight is 223 g/mol. The second kappa shape index (κ2) is 4.40. The molecule has 0 N–H and O–H groups in total. The monoisotopic (exact) mass is 222 g/mol. The van der Waals surface area contributed by atoms with E-state index < -0.39 is 0 Å². The molecule has 78 valence electrons. The molecule has 2 heterocycles. The summed E-state index contributed by atoms with van der Waals surface area (Å²) in [6.45, 7) is 0. The third-order valence-corrected chi connectivity index (χ3v) is 2.42. The van der Waals surface area contributed by atoms with Crippen molar-refractivity contribution >= 4 is 11.6 Å². The normalized spacial score (nSPS) is 10.5. The number of rotatable bonds is 3. The highest BCUT2D eigenvalue weighted by molar-refractivity contribution is 6.30. The van der Waals surface area contributed by atoms with Crippen LogP contribution in [-0.2, 0) is 19.9 Å². The van der Waals surface area contributed by atoms with Crippen LogP contribution in [0.4, 0.5) is 0 Å². The Balaban J connectivity index is 1.99. The Morgan fingerprint density at radius 2 is 2.13 bits per heavy atom. The van der Waals surface area contributed by atoms with Crippen molar-refractivity contribution in [2.45, 2.75) is 12.8 Å². The maximum atomic E-state index is 5.75. The fourth-order valence-corrected chi connectivity index (χ4v) is 1.45. The maximum Gasteiger partial charge on any atom is 0.138 e. The molecule has 2 aromatic heterocycles. The van der Waals surface area contributed by atoms with Crippen LogP contribution in [0.25, 0.3) is 0 Å². The maximum absolute atomic E-state index is 5.75. The van der Waals surface area contributed by atoms with Crippen molar-refractivity contribution in [2.24, 2.45) is 7.05 Å². The molecule has 0 spiro atoms. The third kappa shape index (κ3) is 2.53. The van der Waals surface area contributed by atoms with Gasteiger partial charge in [0.05, 0.1) is 5.02 Å². The van der Waals surface area contributed by atoms with Gasteiger partial charge in [0.1, 0.15) is 12.2 Å². The zero-order chi connectivity index (χ0) is 10.7. The molecule has 0 atom stereocenters. The van der Waals surface area contributed by atoms with E-state index in [-0.39, 0.29) is 0 Å². The SMILES string of the molecule is Cn1ncnc1CCc1ccc(Cl)cn1. The molecule has 0 aromatic carbocycles. The van der Waals surface area contributed by atoms with Crippen LogP contribution in [0.2, 0.25) is 5.02 Å². The van der Waals surface area contributed by atoms with Gasteiger partial charge in [-0.1, -0.05) is 11.6 Å². The summed E-state index contributed by atoms with van der Waals surface area (Å²) in [7, 11) is 1.89. The molecule has 0 bridgehead atoms. The summed E-state index contributed by atoms with van der Waals surface area (Å²) in [5.74, 6) is 0.965. The van der Waals surface area contributed by atoms with Gasteiger partial charge in [-0.3, -0.25) is 9.67 Å². The number of hydrogen-bond donors (Lipinski definition) is 0. The Morgan fingerprint density at radius 3 is 2.73 bits per heavy atom. The molecule has 2 aromatic rings. The first-order chi connectivity index (χ1) is 7.25. The van der Waals surface area contributed by atoms with E-state index in [1.807, 2.05) is 19.2 Å². The van der Waals surface area contributed by atoms with Crippen LogP contribution in [0, 0.1) is 0 Å². The zero-order valence-corrected chi connectivity index (χ0v) is 9.15. The second-order valence-corrected chi connectivity index (χ2v) is 3.70. The molecule has 0 radical (unpaired) electrons. The molecule has 0 amide bonds. The fraction of sp³-hybridized carbons (Fsp3) is 0.300. The van der Waals surface area contributed by atoms with Gasteiger partial charge in [0, 0.05) is 25.4 Å². The Hall–Kier alpha value is -1.42. The number of aryl methyl sites for hydroxylation is 3. The molecular weight excluding hydrogens is 212 g/mol. The molecule has 0 saturated carbocycles. The van der Waals surface area contributed by atoms with Gasteiger partial charge in [-0.2, -0.15) is 5.10 Å². The number of pyridine rings is 1. The van der Waals surface area contributed by atoms with E-state index >= 15 is 0 Å². The smallest absolute Gasteiger partial charge is 0.138 e. The molecule has 0 aliphatic carbocycles. The number of hydrogen-bond acceptors (Lipinski definition) is 3. The van der Waals surface area contributed by atoms with E-state index in [2.05, 4.69) is 15.1 Å². The van der Waals surface area contributed by atoms with E-state index in [1.165, 1.54) is 0 Å². The van der Waals surface area contributed by atoms with Crippen molar-refractivity contribution in [2.75, 3.05) is 0 Å². The number of aromatic nitrogens is 4. The molecule has 0 saturated heterocycles. The topological polar surface area (TPSA) is 43.6 Å². The summed E-state index contributed by atoms with van der Waals surface area (Å²) >= 11 is 5.75. The predicted octanol–water partition coefficient (Wildman–Crippen LogP) is 1.65. The third-order valence-electron chi connectivity index (χ3n) is 2.20. The van der Waals surface area contributed by atoms with Crippen molar-refractivity contribution < 1.29 is 0 Å². The van der Waals surface area contributed by atoms with Crippen LogP contribution >= 0.6 is 11.6 Å². The van der Waals surface area contributed by atoms with Gasteiger partial charge in [-0.25, -0.2) is 4.98 Å². The van der Waals surface area contributed by atoms with Crippen LogP contribution in [0.15, 0.2) is 24.7 Å². The van der Waals surface area contributed by atoms with E-state index in [0.29, 0.717) is 5.02 Å². The predicted molar refractivity (Wildman–Crippen MR) is 57.7 cm³/mol. The van der Waals surface area contributed by atoms with Crippen molar-refractivity contribution in [1.82, 2.24) is 19.7 Å². The van der Waals surface area contributed by atoms with Crippen LogP contribution in [-0.4, -0.2) is 19.7 Å². The summed E-state index contributed by atoms with van der Waals surface area (Å²) in [4.78, 5) is 8.36. The van der Waals surface area contributed by atoms with Crippen molar-refractivity contribution in [3.05, 3.63) is 41.2 Å². The van der Waals surface area contributed by atoms with Crippen molar-refractivity contribution in [3.63, 3.8) is 0 Å². The average Bonchev–Trinajstić information content (AvgIpc) is 2.63. The molecule has 0 unspecified atom stereocenters. The molecule has 0 fully saturated rings. The summed E-state index contributed by atoms with van der Waals surface area (Å²) < 4.78 is 1.77. The van der Waals surface area contributed by atoms with Crippen LogP contribution in [0.5, 0.6) is 0 Å². The largest absolute Gasteiger partial charge is 0.260 e. The van der Waals surface area contributed by atoms with Crippen LogP contribution < -0.4 is 0 Å². The molecule has 0 aliphatic rings. The molecule has 15 heavy (non-hydrogen) atoms. The van der Waals surface area contributed by atoms with Gasteiger partial charge in [-0.15, -0.1) is 0 Å². The summed E-state index contributed by atoms with van der Waals surface area (Å²) in [6.07, 6.45) is 4.91. The van der Waals surface area contributed by atoms with Gasteiger partial charge >= 0.3 is 0 Å². The van der Waals surface area contributed by atoms with Gasteiger partial charge < -0.3 is 0 Å². The lowest BCUT2D eigenvalue weighted by atomic mass is 10.2. The Morgan fingerprint density at radius 1 is 1.27 bits per heavy atom.